The Kier molecular flexibility index (Phi) is 3.05. The molecule has 2 aromatic carbocycles. The van der Waals surface area contributed by atoms with Gasteiger partial charge in [-0.25, -0.2) is 4.98 Å². The first-order valence-electron chi connectivity index (χ1n) is 5.37. The van der Waals surface area contributed by atoms with E-state index in [0.717, 1.165) is 0 Å². The zero-order chi connectivity index (χ0) is 13.6. The Morgan fingerprint density at radius 1 is 1.05 bits per heavy atom. The van der Waals surface area contributed by atoms with Crippen LogP contribution in [0.1, 0.15) is 0 Å². The molecule has 0 aliphatic rings. The fourth-order valence-corrected chi connectivity index (χ4v) is 2.46. The van der Waals surface area contributed by atoms with Crippen LogP contribution in [0.3, 0.4) is 0 Å². The van der Waals surface area contributed by atoms with E-state index in [0.29, 0.717) is 32.6 Å². The molecular formula is C13H7Cl3N2O. The molecule has 3 nitrogen and oxygen atoms in total. The van der Waals surface area contributed by atoms with Crippen LogP contribution in [0.2, 0.25) is 15.1 Å². The van der Waals surface area contributed by atoms with Crippen molar-refractivity contribution in [3.05, 3.63) is 45.4 Å². The van der Waals surface area contributed by atoms with Gasteiger partial charge in [0.05, 0.1) is 26.3 Å². The van der Waals surface area contributed by atoms with E-state index in [4.69, 9.17) is 45.0 Å². The normalized spacial score (nSPS) is 11.1. The van der Waals surface area contributed by atoms with Gasteiger partial charge in [0.1, 0.15) is 5.52 Å². The number of nitrogens with two attached hydrogens (primary N) is 1. The SMILES string of the molecule is Nc1c(Cl)cc2oc(-c3ccccc3Cl)nc2c1Cl. The van der Waals surface area contributed by atoms with E-state index in [2.05, 4.69) is 4.98 Å². The van der Waals surface area contributed by atoms with Crippen molar-refractivity contribution < 1.29 is 4.42 Å². The number of nitrogens with zero attached hydrogens (tertiary/aromatic N) is 1. The fraction of sp³-hybridized carbons (Fsp3) is 0. The Hall–Kier alpha value is -1.42. The quantitative estimate of drug-likeness (QED) is 0.640. The molecule has 3 aromatic rings. The van der Waals surface area contributed by atoms with E-state index < -0.39 is 0 Å². The number of halogens is 3. The topological polar surface area (TPSA) is 52.0 Å². The van der Waals surface area contributed by atoms with E-state index in [1.165, 1.54) is 0 Å². The average Bonchev–Trinajstić information content (AvgIpc) is 2.80. The van der Waals surface area contributed by atoms with Crippen molar-refractivity contribution in [2.75, 3.05) is 5.73 Å². The van der Waals surface area contributed by atoms with Crippen LogP contribution in [0.25, 0.3) is 22.6 Å². The molecule has 0 spiro atoms. The molecule has 2 N–H and O–H groups in total. The first-order valence-corrected chi connectivity index (χ1v) is 6.50. The number of nitrogen functional groups attached to an aromatic ring is 1. The highest BCUT2D eigenvalue weighted by molar-refractivity contribution is 6.42. The maximum Gasteiger partial charge on any atom is 0.228 e. The molecule has 6 heteroatoms. The number of benzene rings is 2. The van der Waals surface area contributed by atoms with Gasteiger partial charge in [0.25, 0.3) is 0 Å². The number of oxazole rings is 1. The van der Waals surface area contributed by atoms with Gasteiger partial charge >= 0.3 is 0 Å². The maximum absolute atomic E-state index is 6.11. The smallest absolute Gasteiger partial charge is 0.228 e. The minimum Gasteiger partial charge on any atom is -0.436 e. The monoisotopic (exact) mass is 312 g/mol. The van der Waals surface area contributed by atoms with Crippen molar-refractivity contribution in [3.63, 3.8) is 0 Å². The minimum absolute atomic E-state index is 0.282. The van der Waals surface area contributed by atoms with Crippen LogP contribution in [0, 0.1) is 0 Å². The van der Waals surface area contributed by atoms with Crippen molar-refractivity contribution in [1.29, 1.82) is 0 Å². The molecule has 0 bridgehead atoms. The van der Waals surface area contributed by atoms with E-state index >= 15 is 0 Å². The summed E-state index contributed by atoms with van der Waals surface area (Å²) in [6.45, 7) is 0. The molecule has 96 valence electrons. The molecule has 1 aromatic heterocycles. The van der Waals surface area contributed by atoms with Gasteiger partial charge in [-0.2, -0.15) is 0 Å². The molecule has 0 saturated heterocycles. The molecule has 0 radical (unpaired) electrons. The summed E-state index contributed by atoms with van der Waals surface area (Å²) in [6.07, 6.45) is 0. The highest BCUT2D eigenvalue weighted by atomic mass is 35.5. The molecule has 0 unspecified atom stereocenters. The number of rotatable bonds is 1. The van der Waals surface area contributed by atoms with Crippen LogP contribution in [-0.2, 0) is 0 Å². The number of anilines is 1. The minimum atomic E-state index is 0.282. The molecular weight excluding hydrogens is 307 g/mol. The lowest BCUT2D eigenvalue weighted by Crippen LogP contribution is -1.88. The van der Waals surface area contributed by atoms with Crippen molar-refractivity contribution >= 4 is 51.6 Å². The molecule has 0 atom stereocenters. The van der Waals surface area contributed by atoms with Gasteiger partial charge in [-0.15, -0.1) is 0 Å². The Morgan fingerprint density at radius 3 is 2.53 bits per heavy atom. The summed E-state index contributed by atoms with van der Waals surface area (Å²) in [5.74, 6) is 0.379. The third kappa shape index (κ3) is 2.04. The molecule has 0 amide bonds. The van der Waals surface area contributed by atoms with E-state index in [1.807, 2.05) is 18.2 Å². The molecule has 3 rings (SSSR count). The molecule has 0 saturated carbocycles. The maximum atomic E-state index is 6.11. The van der Waals surface area contributed by atoms with Crippen LogP contribution in [-0.4, -0.2) is 4.98 Å². The Bertz CT molecular complexity index is 783. The van der Waals surface area contributed by atoms with Crippen molar-refractivity contribution in [3.8, 4) is 11.5 Å². The highest BCUT2D eigenvalue weighted by Gasteiger charge is 2.16. The second-order valence-corrected chi connectivity index (χ2v) is 5.12. The predicted octanol–water partition coefficient (Wildman–Crippen LogP) is 5.04. The average molecular weight is 314 g/mol. The second kappa shape index (κ2) is 4.60. The fourth-order valence-electron chi connectivity index (χ4n) is 1.76. The lowest BCUT2D eigenvalue weighted by Gasteiger charge is -1.99. The van der Waals surface area contributed by atoms with Gasteiger partial charge in [-0.3, -0.25) is 0 Å². The van der Waals surface area contributed by atoms with E-state index in [1.54, 1.807) is 12.1 Å². The van der Waals surface area contributed by atoms with E-state index in [-0.39, 0.29) is 10.7 Å². The Morgan fingerprint density at radius 2 is 1.79 bits per heavy atom. The Balaban J connectivity index is 2.29. The highest BCUT2D eigenvalue weighted by Crippen LogP contribution is 2.38. The first kappa shape index (κ1) is 12.6. The number of hydrogen-bond donors (Lipinski definition) is 1. The van der Waals surface area contributed by atoms with Crippen molar-refractivity contribution in [2.45, 2.75) is 0 Å². The summed E-state index contributed by atoms with van der Waals surface area (Å²) >= 11 is 18.2. The molecule has 0 aliphatic carbocycles. The van der Waals surface area contributed by atoms with Crippen LogP contribution in [0.15, 0.2) is 34.7 Å². The molecule has 0 fully saturated rings. The third-order valence-corrected chi connectivity index (χ3v) is 3.74. The largest absolute Gasteiger partial charge is 0.436 e. The lowest BCUT2D eigenvalue weighted by atomic mass is 10.2. The summed E-state index contributed by atoms with van der Waals surface area (Å²) in [5.41, 5.74) is 7.67. The van der Waals surface area contributed by atoms with Crippen LogP contribution in [0.4, 0.5) is 5.69 Å². The summed E-state index contributed by atoms with van der Waals surface area (Å²) in [7, 11) is 0. The summed E-state index contributed by atoms with van der Waals surface area (Å²) in [4.78, 5) is 4.32. The summed E-state index contributed by atoms with van der Waals surface area (Å²) in [5, 5.41) is 1.16. The first-order chi connectivity index (χ1) is 9.08. The van der Waals surface area contributed by atoms with Crippen LogP contribution >= 0.6 is 34.8 Å². The van der Waals surface area contributed by atoms with Gasteiger partial charge in [-0.1, -0.05) is 46.9 Å². The zero-order valence-electron chi connectivity index (χ0n) is 9.45. The van der Waals surface area contributed by atoms with Crippen molar-refractivity contribution in [1.82, 2.24) is 4.98 Å². The van der Waals surface area contributed by atoms with Crippen molar-refractivity contribution in [2.24, 2.45) is 0 Å². The van der Waals surface area contributed by atoms with Gasteiger partial charge in [0.2, 0.25) is 5.89 Å². The number of fused-ring (bicyclic) bond motifs is 1. The van der Waals surface area contributed by atoms with Gasteiger partial charge in [-0.05, 0) is 12.1 Å². The Labute approximate surface area is 123 Å². The number of hydrogen-bond acceptors (Lipinski definition) is 3. The van der Waals surface area contributed by atoms with Crippen LogP contribution in [0.5, 0.6) is 0 Å². The second-order valence-electron chi connectivity index (χ2n) is 3.93. The number of aromatic nitrogens is 1. The standard InChI is InChI=1S/C13H7Cl3N2O/c14-7-4-2-1-3-6(7)13-18-12-9(19-13)5-8(15)11(17)10(12)16/h1-5H,17H2. The molecule has 0 aliphatic heterocycles. The third-order valence-electron chi connectivity index (χ3n) is 2.72. The van der Waals surface area contributed by atoms with Gasteiger partial charge in [0.15, 0.2) is 5.58 Å². The predicted molar refractivity (Wildman–Crippen MR) is 78.9 cm³/mol. The summed E-state index contributed by atoms with van der Waals surface area (Å²) < 4.78 is 5.63. The lowest BCUT2D eigenvalue weighted by molar-refractivity contribution is 0.620. The summed E-state index contributed by atoms with van der Waals surface area (Å²) in [6, 6.07) is 8.83. The van der Waals surface area contributed by atoms with Gasteiger partial charge in [0, 0.05) is 6.07 Å². The van der Waals surface area contributed by atoms with Crippen LogP contribution < -0.4 is 5.73 Å². The van der Waals surface area contributed by atoms with E-state index in [9.17, 15) is 0 Å². The zero-order valence-corrected chi connectivity index (χ0v) is 11.7. The molecule has 19 heavy (non-hydrogen) atoms. The van der Waals surface area contributed by atoms with Gasteiger partial charge < -0.3 is 10.2 Å². The molecule has 1 heterocycles.